The van der Waals surface area contributed by atoms with Crippen molar-refractivity contribution in [1.29, 1.82) is 0 Å². The number of hydrogen-bond acceptors (Lipinski definition) is 7. The third-order valence-corrected chi connectivity index (χ3v) is 11.1. The van der Waals surface area contributed by atoms with E-state index in [4.69, 9.17) is 9.47 Å². The molecule has 4 saturated carbocycles. The minimum absolute atomic E-state index is 0.0750. The van der Waals surface area contributed by atoms with Crippen LogP contribution in [0, 0.1) is 28.6 Å². The molecule has 0 aromatic heterocycles. The molecule has 8 atom stereocenters. The summed E-state index contributed by atoms with van der Waals surface area (Å²) >= 11 is 0. The first kappa shape index (κ1) is 24.8. The number of esters is 2. The average molecular weight is 509 g/mol. The molecule has 1 aromatic carbocycles. The van der Waals surface area contributed by atoms with Crippen LogP contribution in [0.5, 0.6) is 0 Å². The zero-order valence-electron chi connectivity index (χ0n) is 21.4. The third-order valence-electron chi connectivity index (χ3n) is 11.1. The molecule has 3 unspecified atom stereocenters. The van der Waals surface area contributed by atoms with Gasteiger partial charge in [-0.15, -0.1) is 0 Å². The number of ether oxygens (including phenoxy) is 2. The Morgan fingerprint density at radius 1 is 1.03 bits per heavy atom. The summed E-state index contributed by atoms with van der Waals surface area (Å²) in [5.74, 6) is -0.892. The molecule has 198 valence electrons. The number of carbonyl (C=O) groups is 3. The number of rotatable bonds is 4. The topological polar surface area (TPSA) is 110 Å². The van der Waals surface area contributed by atoms with Crippen LogP contribution >= 0.6 is 0 Å². The standard InChI is InChI=1S/C30H36O7/c1-27-11-8-23-24(30(27,35)14-10-22(27)20-15-25(32)36-17-20)9-13-29(34)16-21(7-12-28(23,29)18-31)37-26(33)19-5-3-2-4-6-19/h2-6,15,18,21-24,34-35H,7-14,16-17H2,1H3/t21-,22?,23?,24?,27+,28-,29-,30-/m0/s1. The summed E-state index contributed by atoms with van der Waals surface area (Å²) in [5, 5.41) is 24.3. The lowest BCUT2D eigenvalue weighted by Gasteiger charge is -2.65. The number of fused-ring (bicyclic) bond motifs is 5. The van der Waals surface area contributed by atoms with E-state index in [1.54, 1.807) is 30.3 Å². The summed E-state index contributed by atoms with van der Waals surface area (Å²) in [7, 11) is 0. The van der Waals surface area contributed by atoms with Gasteiger partial charge in [-0.2, -0.15) is 0 Å². The minimum atomic E-state index is -1.27. The van der Waals surface area contributed by atoms with E-state index < -0.39 is 34.1 Å². The maximum absolute atomic E-state index is 12.9. The van der Waals surface area contributed by atoms with Gasteiger partial charge in [0.15, 0.2) is 0 Å². The van der Waals surface area contributed by atoms with Gasteiger partial charge in [-0.1, -0.05) is 25.1 Å². The monoisotopic (exact) mass is 508 g/mol. The van der Waals surface area contributed by atoms with Gasteiger partial charge in [0, 0.05) is 17.9 Å². The lowest BCUT2D eigenvalue weighted by Crippen LogP contribution is -2.69. The smallest absolute Gasteiger partial charge is 0.338 e. The van der Waals surface area contributed by atoms with Crippen molar-refractivity contribution in [2.24, 2.45) is 28.6 Å². The molecule has 1 aromatic rings. The van der Waals surface area contributed by atoms with E-state index in [9.17, 15) is 24.6 Å². The van der Waals surface area contributed by atoms with E-state index in [1.807, 2.05) is 6.07 Å². The molecule has 4 fully saturated rings. The van der Waals surface area contributed by atoms with Crippen molar-refractivity contribution in [3.05, 3.63) is 47.5 Å². The first-order valence-corrected chi connectivity index (χ1v) is 13.7. The van der Waals surface area contributed by atoms with Crippen molar-refractivity contribution in [1.82, 2.24) is 0 Å². The zero-order chi connectivity index (χ0) is 26.1. The molecule has 7 nitrogen and oxygen atoms in total. The van der Waals surface area contributed by atoms with Gasteiger partial charge in [0.2, 0.25) is 0 Å². The van der Waals surface area contributed by atoms with Gasteiger partial charge in [0.25, 0.3) is 0 Å². The highest BCUT2D eigenvalue weighted by atomic mass is 16.5. The predicted molar refractivity (Wildman–Crippen MR) is 133 cm³/mol. The quantitative estimate of drug-likeness (QED) is 0.471. The number of cyclic esters (lactones) is 1. The lowest BCUT2D eigenvalue weighted by atomic mass is 9.41. The number of carbonyl (C=O) groups excluding carboxylic acids is 3. The molecule has 1 aliphatic heterocycles. The van der Waals surface area contributed by atoms with Gasteiger partial charge in [0.05, 0.1) is 22.2 Å². The molecular weight excluding hydrogens is 472 g/mol. The van der Waals surface area contributed by atoms with E-state index >= 15 is 0 Å². The highest BCUT2D eigenvalue weighted by Gasteiger charge is 2.71. The van der Waals surface area contributed by atoms with Gasteiger partial charge in [-0.3, -0.25) is 0 Å². The molecule has 0 spiro atoms. The second-order valence-corrected chi connectivity index (χ2v) is 12.4. The van der Waals surface area contributed by atoms with Crippen LogP contribution in [0.15, 0.2) is 42.0 Å². The second kappa shape index (κ2) is 8.50. The van der Waals surface area contributed by atoms with Crippen molar-refractivity contribution in [2.45, 2.75) is 82.0 Å². The maximum Gasteiger partial charge on any atom is 0.338 e. The Kier molecular flexibility index (Phi) is 5.70. The Hall–Kier alpha value is -2.51. The Morgan fingerprint density at radius 2 is 1.78 bits per heavy atom. The third kappa shape index (κ3) is 3.42. The van der Waals surface area contributed by atoms with Crippen LogP contribution in [0.1, 0.15) is 75.1 Å². The van der Waals surface area contributed by atoms with Crippen LogP contribution in [0.4, 0.5) is 0 Å². The van der Waals surface area contributed by atoms with Crippen LogP contribution in [0.25, 0.3) is 0 Å². The number of aldehydes is 1. The van der Waals surface area contributed by atoms with Gasteiger partial charge in [0.1, 0.15) is 19.0 Å². The van der Waals surface area contributed by atoms with E-state index in [1.165, 1.54) is 0 Å². The summed E-state index contributed by atoms with van der Waals surface area (Å²) in [6.45, 7) is 2.43. The molecule has 0 saturated heterocycles. The molecule has 2 N–H and O–H groups in total. The van der Waals surface area contributed by atoms with Crippen molar-refractivity contribution in [2.75, 3.05) is 6.61 Å². The summed E-state index contributed by atoms with van der Waals surface area (Å²) in [6, 6.07) is 8.82. The molecular formula is C30H36O7. The maximum atomic E-state index is 12.9. The Labute approximate surface area is 217 Å². The van der Waals surface area contributed by atoms with Crippen LogP contribution in [0.2, 0.25) is 0 Å². The fourth-order valence-corrected chi connectivity index (χ4v) is 9.21. The number of aliphatic hydroxyl groups is 2. The highest BCUT2D eigenvalue weighted by Crippen LogP contribution is 2.70. The molecule has 5 aliphatic rings. The summed E-state index contributed by atoms with van der Waals surface area (Å²) < 4.78 is 11.0. The van der Waals surface area contributed by atoms with Crippen LogP contribution in [-0.2, 0) is 19.1 Å². The van der Waals surface area contributed by atoms with Gasteiger partial charge < -0.3 is 24.5 Å². The molecule has 37 heavy (non-hydrogen) atoms. The van der Waals surface area contributed by atoms with Gasteiger partial charge >= 0.3 is 11.9 Å². The fourth-order valence-electron chi connectivity index (χ4n) is 9.21. The first-order valence-electron chi connectivity index (χ1n) is 13.7. The molecule has 7 heteroatoms. The van der Waals surface area contributed by atoms with E-state index in [0.29, 0.717) is 44.3 Å². The summed E-state index contributed by atoms with van der Waals surface area (Å²) in [5.41, 5.74) is -2.17. The molecule has 1 heterocycles. The molecule has 6 rings (SSSR count). The SMILES string of the molecule is C[C@]12CCC3C(CC[C@]4(O)C[C@@H](OC(=O)c5ccccc5)CC[C@]34C=O)[C@@]1(O)CCC2C1=CC(=O)OC1. The largest absolute Gasteiger partial charge is 0.459 e. The normalized spacial score (nSPS) is 44.6. The van der Waals surface area contributed by atoms with Crippen molar-refractivity contribution in [3.8, 4) is 0 Å². The fraction of sp³-hybridized carbons (Fsp3) is 0.633. The summed E-state index contributed by atoms with van der Waals surface area (Å²) in [6.07, 6.45) is 7.14. The molecule has 0 radical (unpaired) electrons. The van der Waals surface area contributed by atoms with Crippen LogP contribution < -0.4 is 0 Å². The lowest BCUT2D eigenvalue weighted by molar-refractivity contribution is -0.248. The van der Waals surface area contributed by atoms with Crippen molar-refractivity contribution < 1.29 is 34.1 Å². The Morgan fingerprint density at radius 3 is 2.49 bits per heavy atom. The van der Waals surface area contributed by atoms with Gasteiger partial charge in [-0.05, 0) is 86.8 Å². The van der Waals surface area contributed by atoms with Gasteiger partial charge in [-0.25, -0.2) is 9.59 Å². The predicted octanol–water partition coefficient (Wildman–Crippen LogP) is 3.76. The highest BCUT2D eigenvalue weighted by molar-refractivity contribution is 5.89. The Bertz CT molecular complexity index is 1150. The van der Waals surface area contributed by atoms with Crippen LogP contribution in [-0.4, -0.2) is 52.4 Å². The first-order chi connectivity index (χ1) is 17.7. The van der Waals surface area contributed by atoms with E-state index in [2.05, 4.69) is 6.92 Å². The molecule has 4 aliphatic carbocycles. The summed E-state index contributed by atoms with van der Waals surface area (Å²) in [4.78, 5) is 37.3. The van der Waals surface area contributed by atoms with Crippen LogP contribution in [0.3, 0.4) is 0 Å². The minimum Gasteiger partial charge on any atom is -0.459 e. The van der Waals surface area contributed by atoms with Crippen molar-refractivity contribution >= 4 is 18.2 Å². The van der Waals surface area contributed by atoms with Crippen molar-refractivity contribution in [3.63, 3.8) is 0 Å². The Balaban J connectivity index is 1.25. The van der Waals surface area contributed by atoms with E-state index in [0.717, 1.165) is 31.1 Å². The average Bonchev–Trinajstić information content (AvgIpc) is 3.43. The second-order valence-electron chi connectivity index (χ2n) is 12.4. The van der Waals surface area contributed by atoms with E-state index in [-0.39, 0.29) is 30.1 Å². The number of hydrogen-bond donors (Lipinski definition) is 2. The molecule has 0 amide bonds. The molecule has 0 bridgehead atoms. The number of benzene rings is 1. The zero-order valence-corrected chi connectivity index (χ0v) is 21.4.